The van der Waals surface area contributed by atoms with Crippen molar-refractivity contribution in [3.05, 3.63) is 0 Å². The van der Waals surface area contributed by atoms with Gasteiger partial charge in [-0.05, 0) is 24.7 Å². The van der Waals surface area contributed by atoms with E-state index in [2.05, 4.69) is 10.6 Å². The number of hydrogen-bond donors (Lipinski definition) is 3. The van der Waals surface area contributed by atoms with Gasteiger partial charge in [-0.25, -0.2) is 0 Å². The Morgan fingerprint density at radius 1 is 1.17 bits per heavy atom. The van der Waals surface area contributed by atoms with E-state index >= 15 is 0 Å². The van der Waals surface area contributed by atoms with Gasteiger partial charge >= 0.3 is 0 Å². The summed E-state index contributed by atoms with van der Waals surface area (Å²) in [6, 6.07) is 0. The van der Waals surface area contributed by atoms with Crippen LogP contribution in [0.4, 0.5) is 0 Å². The predicted octanol–water partition coefficient (Wildman–Crippen LogP) is 0.428. The molecular weight excluding hydrogens is 232 g/mol. The lowest BCUT2D eigenvalue weighted by Crippen LogP contribution is -2.36. The molecule has 3 N–H and O–H groups in total. The standard InChI is InChI=1S/C13H24N2O3/c1-10(17)14-7-6-13(18)15-8-11-4-2-3-5-12(11)9-16/h11-12,16H,2-9H2,1H3,(H,14,17)(H,15,18). The first-order valence-electron chi connectivity index (χ1n) is 6.75. The first kappa shape index (κ1) is 15.0. The molecule has 1 saturated carbocycles. The highest BCUT2D eigenvalue weighted by Crippen LogP contribution is 2.28. The fraction of sp³-hybridized carbons (Fsp3) is 0.846. The highest BCUT2D eigenvalue weighted by atomic mass is 16.3. The number of amides is 2. The molecule has 0 aromatic rings. The molecule has 0 saturated heterocycles. The van der Waals surface area contributed by atoms with Gasteiger partial charge < -0.3 is 15.7 Å². The van der Waals surface area contributed by atoms with E-state index in [1.165, 1.54) is 19.8 Å². The molecule has 0 radical (unpaired) electrons. The smallest absolute Gasteiger partial charge is 0.221 e. The number of aliphatic hydroxyl groups is 1. The Morgan fingerprint density at radius 3 is 2.44 bits per heavy atom. The summed E-state index contributed by atoms with van der Waals surface area (Å²) in [6.07, 6.45) is 4.82. The third-order valence-electron chi connectivity index (χ3n) is 3.59. The molecule has 5 heteroatoms. The van der Waals surface area contributed by atoms with Crippen LogP contribution in [0.5, 0.6) is 0 Å². The van der Waals surface area contributed by atoms with Crippen molar-refractivity contribution in [2.24, 2.45) is 11.8 Å². The zero-order valence-electron chi connectivity index (χ0n) is 11.1. The maximum absolute atomic E-state index is 11.5. The van der Waals surface area contributed by atoms with Crippen LogP contribution in [-0.2, 0) is 9.59 Å². The van der Waals surface area contributed by atoms with Crippen molar-refractivity contribution >= 4 is 11.8 Å². The van der Waals surface area contributed by atoms with Gasteiger partial charge in [0.05, 0.1) is 0 Å². The molecular formula is C13H24N2O3. The Morgan fingerprint density at radius 2 is 1.83 bits per heavy atom. The summed E-state index contributed by atoms with van der Waals surface area (Å²) in [5.74, 6) is 0.573. The summed E-state index contributed by atoms with van der Waals surface area (Å²) in [7, 11) is 0. The second-order valence-electron chi connectivity index (χ2n) is 5.02. The second-order valence-corrected chi connectivity index (χ2v) is 5.02. The van der Waals surface area contributed by atoms with Gasteiger partial charge in [0, 0.05) is 33.0 Å². The molecule has 0 spiro atoms. The lowest BCUT2D eigenvalue weighted by molar-refractivity contribution is -0.121. The van der Waals surface area contributed by atoms with Gasteiger partial charge in [-0.15, -0.1) is 0 Å². The highest BCUT2D eigenvalue weighted by Gasteiger charge is 2.24. The van der Waals surface area contributed by atoms with Gasteiger partial charge in [-0.3, -0.25) is 9.59 Å². The van der Waals surface area contributed by atoms with E-state index < -0.39 is 0 Å². The van der Waals surface area contributed by atoms with Crippen molar-refractivity contribution in [1.82, 2.24) is 10.6 Å². The fourth-order valence-corrected chi connectivity index (χ4v) is 2.48. The van der Waals surface area contributed by atoms with Crippen LogP contribution >= 0.6 is 0 Å². The fourth-order valence-electron chi connectivity index (χ4n) is 2.48. The van der Waals surface area contributed by atoms with Crippen molar-refractivity contribution in [2.75, 3.05) is 19.7 Å². The Hall–Kier alpha value is -1.10. The van der Waals surface area contributed by atoms with Crippen molar-refractivity contribution in [1.29, 1.82) is 0 Å². The van der Waals surface area contributed by atoms with Crippen LogP contribution in [0.3, 0.4) is 0 Å². The van der Waals surface area contributed by atoms with Gasteiger partial charge in [0.15, 0.2) is 0 Å². The molecule has 0 aromatic heterocycles. The molecule has 0 aromatic carbocycles. The van der Waals surface area contributed by atoms with E-state index in [1.54, 1.807) is 0 Å². The molecule has 104 valence electrons. The number of carbonyl (C=O) groups excluding carboxylic acids is 2. The molecule has 2 unspecified atom stereocenters. The molecule has 1 aliphatic carbocycles. The molecule has 1 fully saturated rings. The van der Waals surface area contributed by atoms with Crippen molar-refractivity contribution in [3.63, 3.8) is 0 Å². The molecule has 1 aliphatic rings. The number of aliphatic hydroxyl groups excluding tert-OH is 1. The minimum Gasteiger partial charge on any atom is -0.396 e. The largest absolute Gasteiger partial charge is 0.396 e. The van der Waals surface area contributed by atoms with Crippen LogP contribution in [0.2, 0.25) is 0 Å². The predicted molar refractivity (Wildman–Crippen MR) is 68.8 cm³/mol. The number of rotatable bonds is 6. The van der Waals surface area contributed by atoms with Crippen molar-refractivity contribution < 1.29 is 14.7 Å². The molecule has 18 heavy (non-hydrogen) atoms. The average Bonchev–Trinajstić information content (AvgIpc) is 2.36. The minimum absolute atomic E-state index is 0.0361. The molecule has 0 aliphatic heterocycles. The van der Waals surface area contributed by atoms with Gasteiger partial charge in [0.2, 0.25) is 11.8 Å². The van der Waals surface area contributed by atoms with E-state index in [4.69, 9.17) is 0 Å². The monoisotopic (exact) mass is 256 g/mol. The normalized spacial score (nSPS) is 23.4. The lowest BCUT2D eigenvalue weighted by atomic mass is 9.79. The zero-order valence-corrected chi connectivity index (χ0v) is 11.1. The quantitative estimate of drug-likeness (QED) is 0.645. The Bertz CT molecular complexity index is 281. The maximum atomic E-state index is 11.5. The SMILES string of the molecule is CC(=O)NCCC(=O)NCC1CCCCC1CO. The number of carbonyl (C=O) groups is 2. The van der Waals surface area contributed by atoms with Crippen LogP contribution in [-0.4, -0.2) is 36.6 Å². The minimum atomic E-state index is -0.115. The molecule has 2 atom stereocenters. The molecule has 0 heterocycles. The van der Waals surface area contributed by atoms with E-state index in [0.717, 1.165) is 12.8 Å². The van der Waals surface area contributed by atoms with E-state index in [9.17, 15) is 14.7 Å². The Balaban J connectivity index is 2.18. The first-order chi connectivity index (χ1) is 8.63. The van der Waals surface area contributed by atoms with Crippen LogP contribution < -0.4 is 10.6 Å². The summed E-state index contributed by atoms with van der Waals surface area (Å²) in [5, 5.41) is 14.8. The van der Waals surface area contributed by atoms with Crippen LogP contribution in [0.15, 0.2) is 0 Å². The van der Waals surface area contributed by atoms with E-state index in [0.29, 0.717) is 31.3 Å². The van der Waals surface area contributed by atoms with Gasteiger partial charge in [-0.1, -0.05) is 12.8 Å². The molecule has 2 amide bonds. The molecule has 0 bridgehead atoms. The number of hydrogen-bond acceptors (Lipinski definition) is 3. The van der Waals surface area contributed by atoms with Crippen LogP contribution in [0.1, 0.15) is 39.0 Å². The zero-order chi connectivity index (χ0) is 13.4. The summed E-state index contributed by atoms with van der Waals surface area (Å²) < 4.78 is 0. The van der Waals surface area contributed by atoms with Gasteiger partial charge in [-0.2, -0.15) is 0 Å². The van der Waals surface area contributed by atoms with E-state index in [1.807, 2.05) is 0 Å². The third-order valence-corrected chi connectivity index (χ3v) is 3.59. The second kappa shape index (κ2) is 8.08. The highest BCUT2D eigenvalue weighted by molar-refractivity contribution is 5.77. The summed E-state index contributed by atoms with van der Waals surface area (Å²) in [4.78, 5) is 22.2. The van der Waals surface area contributed by atoms with Crippen LogP contribution in [0.25, 0.3) is 0 Å². The van der Waals surface area contributed by atoms with Crippen molar-refractivity contribution in [3.8, 4) is 0 Å². The topological polar surface area (TPSA) is 78.4 Å². The third kappa shape index (κ3) is 5.49. The van der Waals surface area contributed by atoms with Gasteiger partial charge in [0.1, 0.15) is 0 Å². The van der Waals surface area contributed by atoms with E-state index in [-0.39, 0.29) is 18.4 Å². The Labute approximate surface area is 108 Å². The van der Waals surface area contributed by atoms with Crippen LogP contribution in [0, 0.1) is 11.8 Å². The Kier molecular flexibility index (Phi) is 6.72. The first-order valence-corrected chi connectivity index (χ1v) is 6.75. The number of nitrogens with one attached hydrogen (secondary N) is 2. The molecule has 1 rings (SSSR count). The van der Waals surface area contributed by atoms with Gasteiger partial charge in [0.25, 0.3) is 0 Å². The summed E-state index contributed by atoms with van der Waals surface area (Å²) in [5.41, 5.74) is 0. The summed E-state index contributed by atoms with van der Waals surface area (Å²) >= 11 is 0. The lowest BCUT2D eigenvalue weighted by Gasteiger charge is -2.30. The van der Waals surface area contributed by atoms with Crippen molar-refractivity contribution in [2.45, 2.75) is 39.0 Å². The summed E-state index contributed by atoms with van der Waals surface area (Å²) in [6.45, 7) is 2.68. The average molecular weight is 256 g/mol. The maximum Gasteiger partial charge on any atom is 0.221 e. The molecule has 5 nitrogen and oxygen atoms in total.